The second-order valence-corrected chi connectivity index (χ2v) is 9.92. The molecule has 0 atom stereocenters. The average molecular weight is 464 g/mol. The van der Waals surface area contributed by atoms with E-state index in [0.29, 0.717) is 28.5 Å². The molecule has 1 amide bonds. The summed E-state index contributed by atoms with van der Waals surface area (Å²) in [7, 11) is 0. The highest BCUT2D eigenvalue weighted by Gasteiger charge is 2.17. The third-order valence-electron chi connectivity index (χ3n) is 4.89. The molecular weight excluding hydrogens is 438 g/mol. The van der Waals surface area contributed by atoms with Gasteiger partial charge in [-0.1, -0.05) is 86.3 Å². The van der Waals surface area contributed by atoms with Gasteiger partial charge in [0, 0.05) is 18.0 Å². The first-order valence-electron chi connectivity index (χ1n) is 10.5. The molecule has 4 rings (SSSR count). The van der Waals surface area contributed by atoms with E-state index in [4.69, 9.17) is 4.98 Å². The van der Waals surface area contributed by atoms with Crippen molar-refractivity contribution in [3.63, 3.8) is 0 Å². The van der Waals surface area contributed by atoms with Crippen molar-refractivity contribution in [2.75, 3.05) is 5.75 Å². The molecule has 2 aromatic heterocycles. The Morgan fingerprint density at radius 2 is 1.78 bits per heavy atom. The number of fused-ring (bicyclic) bond motifs is 1. The highest BCUT2D eigenvalue weighted by molar-refractivity contribution is 7.99. The van der Waals surface area contributed by atoms with Crippen LogP contribution < -0.4 is 10.9 Å². The fraction of sp³-hybridized carbons (Fsp3) is 0.240. The van der Waals surface area contributed by atoms with Gasteiger partial charge in [0.05, 0.1) is 11.1 Å². The molecule has 2 aromatic carbocycles. The van der Waals surface area contributed by atoms with Crippen LogP contribution in [0, 0.1) is 5.92 Å². The summed E-state index contributed by atoms with van der Waals surface area (Å²) in [6.07, 6.45) is 0. The molecule has 0 aliphatic heterocycles. The van der Waals surface area contributed by atoms with E-state index in [9.17, 15) is 9.59 Å². The highest BCUT2D eigenvalue weighted by atomic mass is 32.2. The summed E-state index contributed by atoms with van der Waals surface area (Å²) >= 11 is 2.82. The van der Waals surface area contributed by atoms with Crippen LogP contribution in [-0.2, 0) is 17.9 Å². The number of benzene rings is 2. The number of carbonyl (C=O) groups excluding carboxylic acids is 1. The molecule has 0 radical (unpaired) electrons. The fourth-order valence-corrected chi connectivity index (χ4v) is 5.27. The average Bonchev–Trinajstić information content (AvgIpc) is 3.24. The standard InChI is InChI=1S/C25H25N3O2S2/c1-17(2)15-28-24(30)20-13-21(19-11-7-4-8-12-19)32-23(20)27-25(28)31-16-22(29)26-14-18-9-5-3-6-10-18/h3-13,17H,14-16H2,1-2H3,(H,26,29). The Balaban J connectivity index is 1.57. The van der Waals surface area contributed by atoms with Gasteiger partial charge in [0.15, 0.2) is 5.16 Å². The molecule has 7 heteroatoms. The number of amides is 1. The molecule has 2 heterocycles. The van der Waals surface area contributed by atoms with Crippen LogP contribution in [-0.4, -0.2) is 21.2 Å². The van der Waals surface area contributed by atoms with Gasteiger partial charge >= 0.3 is 0 Å². The van der Waals surface area contributed by atoms with E-state index in [1.54, 1.807) is 4.57 Å². The predicted molar refractivity (Wildman–Crippen MR) is 133 cm³/mol. The molecular formula is C25H25N3O2S2. The van der Waals surface area contributed by atoms with Crippen molar-refractivity contribution in [3.05, 3.63) is 82.6 Å². The number of thiophene rings is 1. The summed E-state index contributed by atoms with van der Waals surface area (Å²) in [4.78, 5) is 32.2. The van der Waals surface area contributed by atoms with Gasteiger partial charge in [-0.2, -0.15) is 0 Å². The van der Waals surface area contributed by atoms with E-state index in [-0.39, 0.29) is 23.1 Å². The molecule has 0 aliphatic rings. The van der Waals surface area contributed by atoms with Crippen LogP contribution in [0.5, 0.6) is 0 Å². The summed E-state index contributed by atoms with van der Waals surface area (Å²) in [5.74, 6) is 0.408. The number of hydrogen-bond donors (Lipinski definition) is 1. The molecule has 5 nitrogen and oxygen atoms in total. The van der Waals surface area contributed by atoms with Crippen LogP contribution in [0.4, 0.5) is 0 Å². The maximum Gasteiger partial charge on any atom is 0.262 e. The highest BCUT2D eigenvalue weighted by Crippen LogP contribution is 2.32. The largest absolute Gasteiger partial charge is 0.351 e. The first-order valence-corrected chi connectivity index (χ1v) is 12.3. The maximum atomic E-state index is 13.3. The smallest absolute Gasteiger partial charge is 0.262 e. The Kier molecular flexibility index (Phi) is 7.07. The Morgan fingerprint density at radius 1 is 1.09 bits per heavy atom. The van der Waals surface area contributed by atoms with Crippen LogP contribution in [0.25, 0.3) is 20.7 Å². The summed E-state index contributed by atoms with van der Waals surface area (Å²) in [5, 5.41) is 4.16. The lowest BCUT2D eigenvalue weighted by molar-refractivity contribution is -0.118. The molecule has 0 unspecified atom stereocenters. The topological polar surface area (TPSA) is 64.0 Å². The van der Waals surface area contributed by atoms with E-state index in [1.165, 1.54) is 23.1 Å². The van der Waals surface area contributed by atoms with Crippen LogP contribution in [0.3, 0.4) is 0 Å². The van der Waals surface area contributed by atoms with Crippen molar-refractivity contribution in [1.29, 1.82) is 0 Å². The fourth-order valence-electron chi connectivity index (χ4n) is 3.36. The minimum absolute atomic E-state index is 0.0469. The third-order valence-corrected chi connectivity index (χ3v) is 6.94. The maximum absolute atomic E-state index is 13.3. The zero-order valence-corrected chi connectivity index (χ0v) is 19.7. The van der Waals surface area contributed by atoms with Gasteiger partial charge in [0.1, 0.15) is 4.83 Å². The number of thioether (sulfide) groups is 1. The number of aromatic nitrogens is 2. The molecule has 0 aliphatic carbocycles. The molecule has 164 valence electrons. The second-order valence-electron chi connectivity index (χ2n) is 7.95. The zero-order chi connectivity index (χ0) is 22.5. The lowest BCUT2D eigenvalue weighted by Crippen LogP contribution is -2.27. The minimum atomic E-state index is -0.0829. The van der Waals surface area contributed by atoms with Crippen molar-refractivity contribution in [2.24, 2.45) is 5.92 Å². The van der Waals surface area contributed by atoms with Crippen molar-refractivity contribution in [1.82, 2.24) is 14.9 Å². The van der Waals surface area contributed by atoms with Gasteiger partial charge in [-0.15, -0.1) is 11.3 Å². The summed E-state index contributed by atoms with van der Waals surface area (Å²) in [6.45, 7) is 5.18. The van der Waals surface area contributed by atoms with E-state index in [0.717, 1.165) is 16.0 Å². The number of nitrogens with one attached hydrogen (secondary N) is 1. The van der Waals surface area contributed by atoms with Crippen molar-refractivity contribution >= 4 is 39.2 Å². The van der Waals surface area contributed by atoms with Gasteiger partial charge in [-0.25, -0.2) is 4.98 Å². The molecule has 0 fully saturated rings. The number of hydrogen-bond acceptors (Lipinski definition) is 5. The molecule has 0 saturated heterocycles. The summed E-state index contributed by atoms with van der Waals surface area (Å²) < 4.78 is 1.71. The van der Waals surface area contributed by atoms with Crippen molar-refractivity contribution in [3.8, 4) is 10.4 Å². The van der Waals surface area contributed by atoms with E-state index < -0.39 is 0 Å². The Labute approximate surface area is 195 Å². The lowest BCUT2D eigenvalue weighted by atomic mass is 10.2. The minimum Gasteiger partial charge on any atom is -0.351 e. The zero-order valence-electron chi connectivity index (χ0n) is 18.1. The molecule has 32 heavy (non-hydrogen) atoms. The number of carbonyl (C=O) groups is 1. The lowest BCUT2D eigenvalue weighted by Gasteiger charge is -2.13. The van der Waals surface area contributed by atoms with Crippen molar-refractivity contribution < 1.29 is 4.79 Å². The monoisotopic (exact) mass is 463 g/mol. The number of nitrogens with zero attached hydrogens (tertiary/aromatic N) is 2. The van der Waals surface area contributed by atoms with E-state index in [1.807, 2.05) is 66.7 Å². The van der Waals surface area contributed by atoms with Gasteiger partial charge < -0.3 is 5.32 Å². The second kappa shape index (κ2) is 10.1. The predicted octanol–water partition coefficient (Wildman–Crippen LogP) is 5.19. The quantitative estimate of drug-likeness (QED) is 0.289. The molecule has 0 spiro atoms. The Morgan fingerprint density at radius 3 is 2.47 bits per heavy atom. The van der Waals surface area contributed by atoms with Crippen LogP contribution in [0.15, 0.2) is 76.7 Å². The van der Waals surface area contributed by atoms with Gasteiger partial charge in [-0.3, -0.25) is 14.2 Å². The van der Waals surface area contributed by atoms with Crippen LogP contribution >= 0.6 is 23.1 Å². The van der Waals surface area contributed by atoms with E-state index in [2.05, 4.69) is 19.2 Å². The van der Waals surface area contributed by atoms with Gasteiger partial charge in [-0.05, 0) is 23.1 Å². The van der Waals surface area contributed by atoms with Crippen molar-refractivity contribution in [2.45, 2.75) is 32.1 Å². The number of rotatable bonds is 8. The third kappa shape index (κ3) is 5.29. The van der Waals surface area contributed by atoms with Crippen LogP contribution in [0.1, 0.15) is 19.4 Å². The SMILES string of the molecule is CC(C)Cn1c(SCC(=O)NCc2ccccc2)nc2sc(-c3ccccc3)cc2c1=O. The van der Waals surface area contributed by atoms with E-state index >= 15 is 0 Å². The summed E-state index contributed by atoms with van der Waals surface area (Å²) in [6, 6.07) is 21.7. The molecule has 1 N–H and O–H groups in total. The first kappa shape index (κ1) is 22.3. The Bertz CT molecular complexity index is 1270. The molecule has 0 saturated carbocycles. The normalized spacial score (nSPS) is 11.2. The molecule has 4 aromatic rings. The van der Waals surface area contributed by atoms with Crippen LogP contribution in [0.2, 0.25) is 0 Å². The summed E-state index contributed by atoms with van der Waals surface area (Å²) in [5.41, 5.74) is 2.07. The Hall–Kier alpha value is -2.90. The van der Waals surface area contributed by atoms with Gasteiger partial charge in [0.2, 0.25) is 5.91 Å². The first-order chi connectivity index (χ1) is 15.5. The molecule has 0 bridgehead atoms. The van der Waals surface area contributed by atoms with Gasteiger partial charge in [0.25, 0.3) is 5.56 Å².